The van der Waals surface area contributed by atoms with Crippen molar-refractivity contribution in [2.45, 2.75) is 25.3 Å². The van der Waals surface area contributed by atoms with Crippen LogP contribution in [0.5, 0.6) is 0 Å². The molecule has 1 aliphatic rings. The zero-order valence-electron chi connectivity index (χ0n) is 8.78. The summed E-state index contributed by atoms with van der Waals surface area (Å²) in [6, 6.07) is 3.85. The summed E-state index contributed by atoms with van der Waals surface area (Å²) in [5.74, 6) is -0.492. The number of benzene rings is 1. The lowest BCUT2D eigenvalue weighted by Crippen LogP contribution is -2.27. The van der Waals surface area contributed by atoms with Gasteiger partial charge in [-0.3, -0.25) is 10.1 Å². The van der Waals surface area contributed by atoms with Gasteiger partial charge in [-0.25, -0.2) is 4.39 Å². The Morgan fingerprint density at radius 2 is 2.25 bits per heavy atom. The number of nitro benzene ring substituents is 1. The first-order valence-electron chi connectivity index (χ1n) is 5.35. The van der Waals surface area contributed by atoms with Gasteiger partial charge in [-0.1, -0.05) is 6.42 Å². The molecule has 2 rings (SSSR count). The third-order valence-electron chi connectivity index (χ3n) is 2.88. The van der Waals surface area contributed by atoms with Gasteiger partial charge in [0.1, 0.15) is 5.82 Å². The largest absolute Gasteiger partial charge is 0.310 e. The molecule has 86 valence electrons. The molecule has 16 heavy (non-hydrogen) atoms. The van der Waals surface area contributed by atoms with Crippen LogP contribution in [0.1, 0.15) is 30.9 Å². The number of non-ortho nitro benzene ring substituents is 1. The predicted octanol–water partition coefficient (Wildman–Crippen LogP) is 2.55. The van der Waals surface area contributed by atoms with E-state index in [0.29, 0.717) is 5.56 Å². The van der Waals surface area contributed by atoms with Crippen molar-refractivity contribution in [1.29, 1.82) is 0 Å². The third-order valence-corrected chi connectivity index (χ3v) is 2.88. The minimum atomic E-state index is -0.582. The van der Waals surface area contributed by atoms with Gasteiger partial charge in [0.2, 0.25) is 0 Å². The molecule has 0 aromatic heterocycles. The number of hydrogen-bond donors (Lipinski definition) is 1. The standard InChI is InChI=1S/C11H13FN2O2/c12-10-7-8(14(15)16)4-5-9(10)11-3-1-2-6-13-11/h4-5,7,11,13H,1-3,6H2. The summed E-state index contributed by atoms with van der Waals surface area (Å²) in [5.41, 5.74) is 0.336. The number of halogens is 1. The Balaban J connectivity index is 2.24. The highest BCUT2D eigenvalue weighted by Gasteiger charge is 2.20. The third kappa shape index (κ3) is 2.19. The van der Waals surface area contributed by atoms with Crippen molar-refractivity contribution >= 4 is 5.69 Å². The van der Waals surface area contributed by atoms with Gasteiger partial charge < -0.3 is 5.32 Å². The SMILES string of the molecule is O=[N+]([O-])c1ccc(C2CCCCN2)c(F)c1. The molecule has 5 heteroatoms. The Kier molecular flexibility index (Phi) is 3.14. The van der Waals surface area contributed by atoms with Crippen LogP contribution in [0.25, 0.3) is 0 Å². The molecule has 0 spiro atoms. The van der Waals surface area contributed by atoms with Crippen molar-refractivity contribution in [3.8, 4) is 0 Å². The molecule has 1 unspecified atom stereocenters. The maximum Gasteiger partial charge on any atom is 0.272 e. The van der Waals surface area contributed by atoms with Gasteiger partial charge in [0.15, 0.2) is 0 Å². The molecule has 1 atom stereocenters. The second-order valence-electron chi connectivity index (χ2n) is 3.97. The van der Waals surface area contributed by atoms with Crippen molar-refractivity contribution in [3.63, 3.8) is 0 Å². The molecule has 0 radical (unpaired) electrons. The van der Waals surface area contributed by atoms with Crippen molar-refractivity contribution in [1.82, 2.24) is 5.32 Å². The highest BCUT2D eigenvalue weighted by atomic mass is 19.1. The van der Waals surface area contributed by atoms with Crippen LogP contribution in [0.3, 0.4) is 0 Å². The molecule has 1 aromatic rings. The van der Waals surface area contributed by atoms with E-state index >= 15 is 0 Å². The molecule has 1 saturated heterocycles. The molecule has 4 nitrogen and oxygen atoms in total. The van der Waals surface area contributed by atoms with Gasteiger partial charge in [0.25, 0.3) is 5.69 Å². The summed E-state index contributed by atoms with van der Waals surface area (Å²) in [6.45, 7) is 0.876. The van der Waals surface area contributed by atoms with Crippen molar-refractivity contribution < 1.29 is 9.31 Å². The summed E-state index contributed by atoms with van der Waals surface area (Å²) in [4.78, 5) is 9.88. The van der Waals surface area contributed by atoms with Gasteiger partial charge in [-0.05, 0) is 25.5 Å². The summed E-state index contributed by atoms with van der Waals surface area (Å²) >= 11 is 0. The average molecular weight is 224 g/mol. The highest BCUT2D eigenvalue weighted by Crippen LogP contribution is 2.27. The van der Waals surface area contributed by atoms with Crippen LogP contribution in [-0.2, 0) is 0 Å². The second-order valence-corrected chi connectivity index (χ2v) is 3.97. The smallest absolute Gasteiger partial charge is 0.272 e. The quantitative estimate of drug-likeness (QED) is 0.620. The first-order chi connectivity index (χ1) is 7.68. The van der Waals surface area contributed by atoms with E-state index < -0.39 is 10.7 Å². The first kappa shape index (κ1) is 11.0. The average Bonchev–Trinajstić information content (AvgIpc) is 2.30. The van der Waals surface area contributed by atoms with Crippen LogP contribution >= 0.6 is 0 Å². The molecule has 0 aliphatic carbocycles. The van der Waals surface area contributed by atoms with E-state index in [-0.39, 0.29) is 11.7 Å². The molecule has 0 amide bonds. The molecule has 1 N–H and O–H groups in total. The molecule has 1 heterocycles. The fourth-order valence-electron chi connectivity index (χ4n) is 2.03. The molecular formula is C11H13FN2O2. The summed E-state index contributed by atoms with van der Waals surface area (Å²) in [5, 5.41) is 13.7. The molecular weight excluding hydrogens is 211 g/mol. The Labute approximate surface area is 92.6 Å². The van der Waals surface area contributed by atoms with Crippen molar-refractivity contribution in [3.05, 3.63) is 39.7 Å². The minimum Gasteiger partial charge on any atom is -0.310 e. The lowest BCUT2D eigenvalue weighted by Gasteiger charge is -2.23. The molecule has 1 aliphatic heterocycles. The lowest BCUT2D eigenvalue weighted by atomic mass is 9.97. The lowest BCUT2D eigenvalue weighted by molar-refractivity contribution is -0.385. The van der Waals surface area contributed by atoms with E-state index in [1.165, 1.54) is 12.1 Å². The van der Waals surface area contributed by atoms with E-state index in [1.54, 1.807) is 0 Å². The summed E-state index contributed by atoms with van der Waals surface area (Å²) in [6.07, 6.45) is 3.05. The maximum atomic E-state index is 13.7. The first-order valence-corrected chi connectivity index (χ1v) is 5.35. The van der Waals surface area contributed by atoms with Crippen molar-refractivity contribution in [2.24, 2.45) is 0 Å². The molecule has 0 saturated carbocycles. The van der Waals surface area contributed by atoms with Gasteiger partial charge in [-0.2, -0.15) is 0 Å². The van der Waals surface area contributed by atoms with Crippen LogP contribution in [0.15, 0.2) is 18.2 Å². The fraction of sp³-hybridized carbons (Fsp3) is 0.455. The van der Waals surface area contributed by atoms with Crippen LogP contribution in [0.4, 0.5) is 10.1 Å². The Hall–Kier alpha value is -1.49. The van der Waals surface area contributed by atoms with E-state index in [2.05, 4.69) is 5.32 Å². The number of nitrogens with zero attached hydrogens (tertiary/aromatic N) is 1. The highest BCUT2D eigenvalue weighted by molar-refractivity contribution is 5.35. The van der Waals surface area contributed by atoms with Crippen molar-refractivity contribution in [2.75, 3.05) is 6.54 Å². The normalized spacial score (nSPS) is 20.7. The van der Waals surface area contributed by atoms with E-state index in [0.717, 1.165) is 31.9 Å². The Morgan fingerprint density at radius 1 is 1.44 bits per heavy atom. The fourth-order valence-corrected chi connectivity index (χ4v) is 2.03. The second kappa shape index (κ2) is 4.57. The van der Waals surface area contributed by atoms with Crippen LogP contribution in [0, 0.1) is 15.9 Å². The van der Waals surface area contributed by atoms with E-state index in [1.807, 2.05) is 0 Å². The molecule has 1 aromatic carbocycles. The maximum absolute atomic E-state index is 13.7. The van der Waals surface area contributed by atoms with Crippen LogP contribution in [0.2, 0.25) is 0 Å². The number of nitrogens with one attached hydrogen (secondary N) is 1. The zero-order valence-corrected chi connectivity index (χ0v) is 8.78. The number of rotatable bonds is 2. The van der Waals surface area contributed by atoms with Gasteiger partial charge in [0.05, 0.1) is 11.0 Å². The molecule has 0 bridgehead atoms. The Morgan fingerprint density at radius 3 is 2.81 bits per heavy atom. The molecule has 1 fully saturated rings. The van der Waals surface area contributed by atoms with Gasteiger partial charge in [-0.15, -0.1) is 0 Å². The van der Waals surface area contributed by atoms with Gasteiger partial charge in [0, 0.05) is 17.7 Å². The number of hydrogen-bond acceptors (Lipinski definition) is 3. The Bertz CT molecular complexity index is 403. The predicted molar refractivity (Wildman–Crippen MR) is 57.6 cm³/mol. The van der Waals surface area contributed by atoms with E-state index in [4.69, 9.17) is 0 Å². The summed E-state index contributed by atoms with van der Waals surface area (Å²) in [7, 11) is 0. The monoisotopic (exact) mass is 224 g/mol. The van der Waals surface area contributed by atoms with Crippen LogP contribution < -0.4 is 5.32 Å². The van der Waals surface area contributed by atoms with Gasteiger partial charge >= 0.3 is 0 Å². The minimum absolute atomic E-state index is 0.00504. The summed E-state index contributed by atoms with van der Waals surface area (Å²) < 4.78 is 13.7. The van der Waals surface area contributed by atoms with E-state index in [9.17, 15) is 14.5 Å². The van der Waals surface area contributed by atoms with Crippen LogP contribution in [-0.4, -0.2) is 11.5 Å². The topological polar surface area (TPSA) is 55.2 Å². The zero-order chi connectivity index (χ0) is 11.5. The number of piperidine rings is 1. The number of nitro groups is 1.